The summed E-state index contributed by atoms with van der Waals surface area (Å²) in [6.45, 7) is 0. The van der Waals surface area contributed by atoms with E-state index in [0.29, 0.717) is 11.3 Å². The van der Waals surface area contributed by atoms with Gasteiger partial charge in [0.05, 0.1) is 16.9 Å². The lowest BCUT2D eigenvalue weighted by Gasteiger charge is -2.11. The van der Waals surface area contributed by atoms with Gasteiger partial charge in [0, 0.05) is 23.1 Å². The monoisotopic (exact) mass is 255 g/mol. The number of nitro groups is 1. The summed E-state index contributed by atoms with van der Waals surface area (Å²) in [5, 5.41) is 21.1. The van der Waals surface area contributed by atoms with E-state index in [1.807, 2.05) is 0 Å². The van der Waals surface area contributed by atoms with Gasteiger partial charge in [0.25, 0.3) is 5.69 Å². The van der Waals surface area contributed by atoms with Gasteiger partial charge >= 0.3 is 0 Å². The smallest absolute Gasteiger partial charge is 0.273 e. The van der Waals surface area contributed by atoms with Crippen molar-refractivity contribution in [1.82, 2.24) is 0 Å². The quantitative estimate of drug-likeness (QED) is 0.561. The minimum absolute atomic E-state index is 0.0296. The number of aliphatic carboxylic acids is 1. The third kappa shape index (κ3) is 4.04. The second-order valence-electron chi connectivity index (χ2n) is 3.33. The van der Waals surface area contributed by atoms with Crippen molar-refractivity contribution in [2.24, 2.45) is 5.73 Å². The molecule has 0 radical (unpaired) electrons. The molecule has 0 saturated heterocycles. The molecule has 0 spiro atoms. The Morgan fingerprint density at radius 1 is 1.47 bits per heavy atom. The molecule has 0 amide bonds. The van der Waals surface area contributed by atoms with Gasteiger partial charge in [-0.15, -0.1) is 0 Å². The first kappa shape index (κ1) is 13.5. The Balaban J connectivity index is 2.58. The molecule has 0 fully saturated rings. The molecule has 0 saturated carbocycles. The molecule has 92 valence electrons. The number of benzene rings is 1. The SMILES string of the molecule is N[C@@H](CSCc1ccccc1[N+](=O)[O-])C(=O)[O-]. The summed E-state index contributed by atoms with van der Waals surface area (Å²) in [5.74, 6) is -0.813. The van der Waals surface area contributed by atoms with Gasteiger partial charge in [-0.3, -0.25) is 10.1 Å². The number of carboxylic acid groups (broad SMARTS) is 1. The zero-order chi connectivity index (χ0) is 12.8. The lowest BCUT2D eigenvalue weighted by atomic mass is 10.2. The second kappa shape index (κ2) is 6.21. The highest BCUT2D eigenvalue weighted by Gasteiger charge is 2.12. The number of carbonyl (C=O) groups excluding carboxylic acids is 1. The van der Waals surface area contributed by atoms with Crippen LogP contribution in [0, 0.1) is 10.1 Å². The van der Waals surface area contributed by atoms with Crippen LogP contribution in [0.4, 0.5) is 5.69 Å². The molecule has 1 aromatic rings. The first-order valence-corrected chi connectivity index (χ1v) is 5.94. The van der Waals surface area contributed by atoms with E-state index in [9.17, 15) is 20.0 Å². The van der Waals surface area contributed by atoms with Crippen LogP contribution in [0.3, 0.4) is 0 Å². The van der Waals surface area contributed by atoms with E-state index in [1.165, 1.54) is 17.8 Å². The van der Waals surface area contributed by atoms with Crippen molar-refractivity contribution in [1.29, 1.82) is 0 Å². The molecule has 17 heavy (non-hydrogen) atoms. The van der Waals surface area contributed by atoms with Gasteiger partial charge in [0.15, 0.2) is 0 Å². The van der Waals surface area contributed by atoms with Crippen LogP contribution < -0.4 is 10.8 Å². The molecule has 0 heterocycles. The topological polar surface area (TPSA) is 109 Å². The number of rotatable bonds is 6. The third-order valence-electron chi connectivity index (χ3n) is 2.05. The Morgan fingerprint density at radius 2 is 2.12 bits per heavy atom. The number of hydrogen-bond donors (Lipinski definition) is 1. The van der Waals surface area contributed by atoms with Gasteiger partial charge in [-0.05, 0) is 0 Å². The van der Waals surface area contributed by atoms with E-state index in [2.05, 4.69) is 0 Å². The normalized spacial score (nSPS) is 12.1. The molecule has 1 atom stereocenters. The van der Waals surface area contributed by atoms with Gasteiger partial charge in [-0.1, -0.05) is 18.2 Å². The Hall–Kier alpha value is -1.60. The molecule has 0 aromatic heterocycles. The zero-order valence-electron chi connectivity index (χ0n) is 8.87. The molecule has 0 aliphatic heterocycles. The second-order valence-corrected chi connectivity index (χ2v) is 4.36. The van der Waals surface area contributed by atoms with Crippen LogP contribution >= 0.6 is 11.8 Å². The van der Waals surface area contributed by atoms with Crippen molar-refractivity contribution in [2.45, 2.75) is 11.8 Å². The van der Waals surface area contributed by atoms with E-state index >= 15 is 0 Å². The van der Waals surface area contributed by atoms with Crippen molar-refractivity contribution in [3.05, 3.63) is 39.9 Å². The summed E-state index contributed by atoms with van der Waals surface area (Å²) < 4.78 is 0. The third-order valence-corrected chi connectivity index (χ3v) is 3.16. The number of nitrogens with zero attached hydrogens (tertiary/aromatic N) is 1. The molecular formula is C10H11N2O4S-. The van der Waals surface area contributed by atoms with Gasteiger partial charge in [0.1, 0.15) is 0 Å². The summed E-state index contributed by atoms with van der Waals surface area (Å²) in [4.78, 5) is 20.6. The maximum Gasteiger partial charge on any atom is 0.273 e. The van der Waals surface area contributed by atoms with Crippen molar-refractivity contribution in [3.63, 3.8) is 0 Å². The average Bonchev–Trinajstić information content (AvgIpc) is 2.29. The van der Waals surface area contributed by atoms with Crippen LogP contribution in [0.1, 0.15) is 5.56 Å². The van der Waals surface area contributed by atoms with Gasteiger partial charge in [0.2, 0.25) is 0 Å². The maximum atomic E-state index is 10.7. The molecule has 7 heteroatoms. The number of hydrogen-bond acceptors (Lipinski definition) is 6. The van der Waals surface area contributed by atoms with Crippen LogP contribution in [0.5, 0.6) is 0 Å². The predicted octanol–water partition coefficient (Wildman–Crippen LogP) is -0.0948. The summed E-state index contributed by atoms with van der Waals surface area (Å²) in [6.07, 6.45) is 0. The number of thioether (sulfide) groups is 1. The minimum atomic E-state index is -1.32. The Kier molecular flexibility index (Phi) is 4.92. The number of carboxylic acids is 1. The molecule has 6 nitrogen and oxygen atoms in total. The minimum Gasteiger partial charge on any atom is -0.548 e. The fraction of sp³-hybridized carbons (Fsp3) is 0.300. The average molecular weight is 255 g/mol. The number of nitro benzene ring substituents is 1. The van der Waals surface area contributed by atoms with Crippen LogP contribution in [0.2, 0.25) is 0 Å². The Morgan fingerprint density at radius 3 is 2.71 bits per heavy atom. The van der Waals surface area contributed by atoms with Gasteiger partial charge < -0.3 is 15.6 Å². The molecule has 0 unspecified atom stereocenters. The molecule has 0 aliphatic rings. The fourth-order valence-corrected chi connectivity index (χ4v) is 2.15. The molecule has 0 bridgehead atoms. The highest BCUT2D eigenvalue weighted by atomic mass is 32.2. The van der Waals surface area contributed by atoms with Gasteiger partial charge in [-0.2, -0.15) is 11.8 Å². The Labute approximate surface area is 102 Å². The molecule has 0 aliphatic carbocycles. The summed E-state index contributed by atoms with van der Waals surface area (Å²) in [6, 6.07) is 5.27. The van der Waals surface area contributed by atoms with Crippen molar-refractivity contribution >= 4 is 23.4 Å². The predicted molar refractivity (Wildman–Crippen MR) is 62.2 cm³/mol. The highest BCUT2D eigenvalue weighted by molar-refractivity contribution is 7.98. The van der Waals surface area contributed by atoms with Gasteiger partial charge in [-0.25, -0.2) is 0 Å². The van der Waals surface area contributed by atoms with E-state index < -0.39 is 16.9 Å². The fourth-order valence-electron chi connectivity index (χ4n) is 1.17. The Bertz CT molecular complexity index is 425. The summed E-state index contributed by atoms with van der Waals surface area (Å²) in [5.41, 5.74) is 5.84. The molecule has 1 aromatic carbocycles. The molecular weight excluding hydrogens is 244 g/mol. The van der Waals surface area contributed by atoms with Crippen molar-refractivity contribution < 1.29 is 14.8 Å². The first-order chi connectivity index (χ1) is 8.02. The van der Waals surface area contributed by atoms with Crippen LogP contribution in [0.15, 0.2) is 24.3 Å². The summed E-state index contributed by atoms with van der Waals surface area (Å²) in [7, 11) is 0. The van der Waals surface area contributed by atoms with Crippen molar-refractivity contribution in [2.75, 3.05) is 5.75 Å². The number of carbonyl (C=O) groups is 1. The lowest BCUT2D eigenvalue weighted by Crippen LogP contribution is -2.43. The maximum absolute atomic E-state index is 10.7. The van der Waals surface area contributed by atoms with E-state index in [1.54, 1.807) is 18.2 Å². The van der Waals surface area contributed by atoms with Crippen molar-refractivity contribution in [3.8, 4) is 0 Å². The first-order valence-electron chi connectivity index (χ1n) is 4.79. The number of nitrogens with two attached hydrogens (primary N) is 1. The number of para-hydroxylation sites is 1. The summed E-state index contributed by atoms with van der Waals surface area (Å²) >= 11 is 1.22. The lowest BCUT2D eigenvalue weighted by molar-refractivity contribution is -0.385. The zero-order valence-corrected chi connectivity index (χ0v) is 9.68. The van der Waals surface area contributed by atoms with Crippen LogP contribution in [-0.2, 0) is 10.5 Å². The highest BCUT2D eigenvalue weighted by Crippen LogP contribution is 2.22. The van der Waals surface area contributed by atoms with E-state index in [0.717, 1.165) is 0 Å². The largest absolute Gasteiger partial charge is 0.548 e. The standard InChI is InChI=1S/C10H12N2O4S/c11-8(10(13)14)6-17-5-7-3-1-2-4-9(7)12(15)16/h1-4,8H,5-6,11H2,(H,13,14)/p-1/t8-/m0/s1. The molecule has 1 rings (SSSR count). The molecule has 2 N–H and O–H groups in total. The van der Waals surface area contributed by atoms with E-state index in [-0.39, 0.29) is 11.4 Å². The van der Waals surface area contributed by atoms with Crippen LogP contribution in [0.25, 0.3) is 0 Å². The van der Waals surface area contributed by atoms with E-state index in [4.69, 9.17) is 5.73 Å². The van der Waals surface area contributed by atoms with Crippen LogP contribution in [-0.4, -0.2) is 22.7 Å².